The molecule has 0 aliphatic carbocycles. The number of nitrogens with one attached hydrogen (secondary N) is 2. The Morgan fingerprint density at radius 3 is 2.56 bits per heavy atom. The van der Waals surface area contributed by atoms with Crippen molar-refractivity contribution in [1.29, 1.82) is 0 Å². The third-order valence-electron chi connectivity index (χ3n) is 3.73. The van der Waals surface area contributed by atoms with Gasteiger partial charge in [-0.1, -0.05) is 31.2 Å². The molecule has 146 valence electrons. The molecule has 1 amide bonds. The molecule has 0 heterocycles. The molecule has 0 atom stereocenters. The SMILES string of the molecule is CCNS(=O)(=O)c1ccc(C)c(C(=O)NCc2ccccc2OC(F)F)c1. The van der Waals surface area contributed by atoms with Gasteiger partial charge in [-0.05, 0) is 30.7 Å². The normalized spacial score (nSPS) is 11.4. The predicted molar refractivity (Wildman–Crippen MR) is 96.3 cm³/mol. The minimum Gasteiger partial charge on any atom is -0.434 e. The molecule has 0 bridgehead atoms. The number of carbonyl (C=O) groups excluding carboxylic acids is 1. The van der Waals surface area contributed by atoms with Gasteiger partial charge in [0.15, 0.2) is 0 Å². The highest BCUT2D eigenvalue weighted by Crippen LogP contribution is 2.21. The maximum Gasteiger partial charge on any atom is 0.387 e. The van der Waals surface area contributed by atoms with Crippen LogP contribution >= 0.6 is 0 Å². The van der Waals surface area contributed by atoms with E-state index in [1.165, 1.54) is 24.3 Å². The van der Waals surface area contributed by atoms with Gasteiger partial charge in [0.1, 0.15) is 5.75 Å². The zero-order valence-corrected chi connectivity index (χ0v) is 15.6. The van der Waals surface area contributed by atoms with E-state index >= 15 is 0 Å². The number of halogens is 2. The Balaban J connectivity index is 2.20. The second-order valence-corrected chi connectivity index (χ2v) is 7.41. The minimum atomic E-state index is -3.70. The fourth-order valence-electron chi connectivity index (χ4n) is 2.42. The van der Waals surface area contributed by atoms with Crippen LogP contribution in [-0.2, 0) is 16.6 Å². The Morgan fingerprint density at radius 1 is 1.19 bits per heavy atom. The second-order valence-electron chi connectivity index (χ2n) is 5.65. The lowest BCUT2D eigenvalue weighted by atomic mass is 10.1. The molecule has 6 nitrogen and oxygen atoms in total. The highest BCUT2D eigenvalue weighted by molar-refractivity contribution is 7.89. The summed E-state index contributed by atoms with van der Waals surface area (Å²) in [5, 5.41) is 2.60. The maximum atomic E-state index is 12.5. The fraction of sp³-hybridized carbons (Fsp3) is 0.278. The Kier molecular flexibility index (Phi) is 6.86. The van der Waals surface area contributed by atoms with E-state index in [4.69, 9.17) is 0 Å². The molecule has 0 spiro atoms. The molecule has 0 radical (unpaired) electrons. The summed E-state index contributed by atoms with van der Waals surface area (Å²) in [6, 6.07) is 10.3. The Morgan fingerprint density at radius 2 is 1.89 bits per heavy atom. The van der Waals surface area contributed by atoms with Gasteiger partial charge in [-0.15, -0.1) is 0 Å². The van der Waals surface area contributed by atoms with Crippen LogP contribution in [0.3, 0.4) is 0 Å². The summed E-state index contributed by atoms with van der Waals surface area (Å²) in [6.45, 7) is 0.520. The number of benzene rings is 2. The molecular weight excluding hydrogens is 378 g/mol. The Bertz CT molecular complexity index is 917. The highest BCUT2D eigenvalue weighted by Gasteiger charge is 2.18. The summed E-state index contributed by atoms with van der Waals surface area (Å²) < 4.78 is 55.9. The van der Waals surface area contributed by atoms with Crippen molar-refractivity contribution in [2.75, 3.05) is 6.54 Å². The van der Waals surface area contributed by atoms with Gasteiger partial charge in [-0.25, -0.2) is 13.1 Å². The molecule has 0 unspecified atom stereocenters. The number of amides is 1. The van der Waals surface area contributed by atoms with Crippen LogP contribution in [0.1, 0.15) is 28.4 Å². The largest absolute Gasteiger partial charge is 0.434 e. The molecular formula is C18H20F2N2O4S. The van der Waals surface area contributed by atoms with Gasteiger partial charge >= 0.3 is 6.61 Å². The number of para-hydroxylation sites is 1. The van der Waals surface area contributed by atoms with E-state index in [1.54, 1.807) is 32.0 Å². The van der Waals surface area contributed by atoms with Crippen LogP contribution in [0.15, 0.2) is 47.4 Å². The highest BCUT2D eigenvalue weighted by atomic mass is 32.2. The van der Waals surface area contributed by atoms with Crippen molar-refractivity contribution in [3.63, 3.8) is 0 Å². The quantitative estimate of drug-likeness (QED) is 0.716. The van der Waals surface area contributed by atoms with Crippen molar-refractivity contribution in [3.8, 4) is 5.75 Å². The third kappa shape index (κ3) is 5.48. The van der Waals surface area contributed by atoms with Crippen LogP contribution < -0.4 is 14.8 Å². The first-order chi connectivity index (χ1) is 12.7. The topological polar surface area (TPSA) is 84.5 Å². The van der Waals surface area contributed by atoms with Crippen LogP contribution in [0.2, 0.25) is 0 Å². The zero-order chi connectivity index (χ0) is 20.0. The fourth-order valence-corrected chi connectivity index (χ4v) is 3.48. The third-order valence-corrected chi connectivity index (χ3v) is 5.27. The van der Waals surface area contributed by atoms with Crippen LogP contribution in [0.4, 0.5) is 8.78 Å². The van der Waals surface area contributed by atoms with Crippen molar-refractivity contribution < 1.29 is 26.7 Å². The average Bonchev–Trinajstić information content (AvgIpc) is 2.60. The first kappa shape index (κ1) is 20.8. The predicted octanol–water partition coefficient (Wildman–Crippen LogP) is 2.82. The zero-order valence-electron chi connectivity index (χ0n) is 14.8. The number of carbonyl (C=O) groups is 1. The van der Waals surface area contributed by atoms with Crippen LogP contribution in [-0.4, -0.2) is 27.5 Å². The van der Waals surface area contributed by atoms with Crippen molar-refractivity contribution in [1.82, 2.24) is 10.0 Å². The van der Waals surface area contributed by atoms with Crippen molar-refractivity contribution in [3.05, 3.63) is 59.2 Å². The van der Waals surface area contributed by atoms with E-state index in [-0.39, 0.29) is 29.3 Å². The lowest BCUT2D eigenvalue weighted by Crippen LogP contribution is -2.26. The summed E-state index contributed by atoms with van der Waals surface area (Å²) in [4.78, 5) is 12.5. The second kappa shape index (κ2) is 8.92. The molecule has 9 heteroatoms. The average molecular weight is 398 g/mol. The summed E-state index contributed by atoms with van der Waals surface area (Å²) in [7, 11) is -3.70. The van der Waals surface area contributed by atoms with Crippen molar-refractivity contribution in [2.45, 2.75) is 31.9 Å². The molecule has 0 aliphatic rings. The molecule has 2 aromatic rings. The van der Waals surface area contributed by atoms with Crippen molar-refractivity contribution in [2.24, 2.45) is 0 Å². The number of rotatable bonds is 8. The minimum absolute atomic E-state index is 0.0264. The van der Waals surface area contributed by atoms with E-state index in [0.29, 0.717) is 11.1 Å². The van der Waals surface area contributed by atoms with Gasteiger partial charge in [-0.3, -0.25) is 4.79 Å². The number of sulfonamides is 1. The smallest absolute Gasteiger partial charge is 0.387 e. The van der Waals surface area contributed by atoms with Gasteiger partial charge in [0.05, 0.1) is 4.90 Å². The van der Waals surface area contributed by atoms with Gasteiger partial charge in [0.25, 0.3) is 5.91 Å². The van der Waals surface area contributed by atoms with E-state index in [9.17, 15) is 22.0 Å². The van der Waals surface area contributed by atoms with Crippen molar-refractivity contribution >= 4 is 15.9 Å². The number of hydrogen-bond acceptors (Lipinski definition) is 4. The molecule has 27 heavy (non-hydrogen) atoms. The van der Waals surface area contributed by atoms with Crippen LogP contribution in [0.5, 0.6) is 5.75 Å². The van der Waals surface area contributed by atoms with Crippen LogP contribution in [0.25, 0.3) is 0 Å². The van der Waals surface area contributed by atoms with E-state index in [1.807, 2.05) is 0 Å². The van der Waals surface area contributed by atoms with Gasteiger partial charge in [0, 0.05) is 24.2 Å². The number of alkyl halides is 2. The lowest BCUT2D eigenvalue weighted by molar-refractivity contribution is -0.0504. The standard InChI is InChI=1S/C18H20F2N2O4S/c1-3-22-27(24,25)14-9-8-12(2)15(10-14)17(23)21-11-13-6-4-5-7-16(13)26-18(19)20/h4-10,18,22H,3,11H2,1-2H3,(H,21,23). The summed E-state index contributed by atoms with van der Waals surface area (Å²) in [6.07, 6.45) is 0. The first-order valence-electron chi connectivity index (χ1n) is 8.16. The molecule has 2 aromatic carbocycles. The molecule has 2 N–H and O–H groups in total. The van der Waals surface area contributed by atoms with E-state index in [0.717, 1.165) is 0 Å². The van der Waals surface area contributed by atoms with E-state index < -0.39 is 22.5 Å². The van der Waals surface area contributed by atoms with Gasteiger partial charge in [-0.2, -0.15) is 8.78 Å². The summed E-state index contributed by atoms with van der Waals surface area (Å²) >= 11 is 0. The van der Waals surface area contributed by atoms with Gasteiger partial charge < -0.3 is 10.1 Å². The maximum absolute atomic E-state index is 12.5. The molecule has 2 rings (SSSR count). The molecule has 0 saturated carbocycles. The number of aryl methyl sites for hydroxylation is 1. The monoisotopic (exact) mass is 398 g/mol. The summed E-state index contributed by atoms with van der Waals surface area (Å²) in [5.41, 5.74) is 1.14. The Labute approximate surface area is 156 Å². The molecule has 0 aromatic heterocycles. The first-order valence-corrected chi connectivity index (χ1v) is 9.64. The van der Waals surface area contributed by atoms with Crippen LogP contribution in [0, 0.1) is 6.92 Å². The molecule has 0 fully saturated rings. The van der Waals surface area contributed by atoms with Gasteiger partial charge in [0.2, 0.25) is 10.0 Å². The lowest BCUT2D eigenvalue weighted by Gasteiger charge is -2.13. The Hall–Kier alpha value is -2.52. The van der Waals surface area contributed by atoms with E-state index in [2.05, 4.69) is 14.8 Å². The molecule has 0 saturated heterocycles. The summed E-state index contributed by atoms with van der Waals surface area (Å²) in [5.74, 6) is -0.555. The number of ether oxygens (including phenoxy) is 1. The molecule has 0 aliphatic heterocycles. The number of hydrogen-bond donors (Lipinski definition) is 2.